The number of sulfonamides is 1. The van der Waals surface area contributed by atoms with Crippen molar-refractivity contribution in [1.82, 2.24) is 19.5 Å². The molecule has 138 valence electrons. The minimum Gasteiger partial charge on any atom is -0.408 e. The van der Waals surface area contributed by atoms with Crippen LogP contribution in [0, 0.1) is 0 Å². The molecule has 2 aromatic heterocycles. The zero-order valence-electron chi connectivity index (χ0n) is 14.0. The molecule has 0 bridgehead atoms. The number of aromatic nitrogens is 3. The molecule has 0 unspecified atom stereocenters. The summed E-state index contributed by atoms with van der Waals surface area (Å²) >= 11 is 0. The molecule has 4 rings (SSSR count). The molecule has 0 amide bonds. The first kappa shape index (κ1) is 16.8. The molecule has 26 heavy (non-hydrogen) atoms. The Kier molecular flexibility index (Phi) is 4.04. The molecule has 0 radical (unpaired) electrons. The second-order valence-electron chi connectivity index (χ2n) is 5.90. The highest BCUT2D eigenvalue weighted by atomic mass is 32.2. The van der Waals surface area contributed by atoms with Gasteiger partial charge in [0, 0.05) is 38.7 Å². The minimum atomic E-state index is -3.69. The predicted octanol–water partition coefficient (Wildman–Crippen LogP) is 0.577. The van der Waals surface area contributed by atoms with Gasteiger partial charge in [-0.3, -0.25) is 4.98 Å². The van der Waals surface area contributed by atoms with Crippen LogP contribution >= 0.6 is 0 Å². The number of aryl methyl sites for hydroxylation is 1. The maximum Gasteiger partial charge on any atom is 0.417 e. The van der Waals surface area contributed by atoms with Crippen molar-refractivity contribution < 1.29 is 17.3 Å². The molecule has 1 aromatic carbocycles. The summed E-state index contributed by atoms with van der Waals surface area (Å²) < 4.78 is 37.6. The highest BCUT2D eigenvalue weighted by molar-refractivity contribution is 7.89. The number of oxazole rings is 1. The summed E-state index contributed by atoms with van der Waals surface area (Å²) in [6, 6.07) is 4.75. The first-order chi connectivity index (χ1) is 12.5. The highest BCUT2D eigenvalue weighted by Crippen LogP contribution is 2.23. The monoisotopic (exact) mass is 379 g/mol. The Morgan fingerprint density at radius 3 is 2.62 bits per heavy atom. The average Bonchev–Trinajstić information content (AvgIpc) is 3.26. The summed E-state index contributed by atoms with van der Waals surface area (Å²) in [4.78, 5) is 15.7. The van der Waals surface area contributed by atoms with Crippen molar-refractivity contribution in [1.29, 1.82) is 0 Å². The number of aromatic amines is 1. The van der Waals surface area contributed by atoms with Gasteiger partial charge in [0.25, 0.3) is 0 Å². The van der Waals surface area contributed by atoms with Crippen LogP contribution in [-0.2, 0) is 16.4 Å². The molecule has 11 heteroatoms. The number of fused-ring (bicyclic) bond motifs is 1. The van der Waals surface area contributed by atoms with Crippen LogP contribution in [0.3, 0.4) is 0 Å². The molecule has 10 nitrogen and oxygen atoms in total. The molecule has 0 atom stereocenters. The van der Waals surface area contributed by atoms with Gasteiger partial charge in [0.15, 0.2) is 5.58 Å². The number of nitrogens with one attached hydrogen (secondary N) is 1. The highest BCUT2D eigenvalue weighted by Gasteiger charge is 2.30. The summed E-state index contributed by atoms with van der Waals surface area (Å²) in [6.45, 7) is 3.41. The maximum atomic E-state index is 12.9. The topological polar surface area (TPSA) is 126 Å². The average molecular weight is 379 g/mol. The van der Waals surface area contributed by atoms with E-state index in [1.165, 1.54) is 22.5 Å². The summed E-state index contributed by atoms with van der Waals surface area (Å²) in [5.74, 6) is -0.0643. The third-order valence-corrected chi connectivity index (χ3v) is 6.19. The van der Waals surface area contributed by atoms with Crippen LogP contribution < -0.4 is 10.7 Å². The smallest absolute Gasteiger partial charge is 0.408 e. The number of nitrogens with zero attached hydrogens (tertiary/aromatic N) is 4. The maximum absolute atomic E-state index is 12.9. The zero-order chi connectivity index (χ0) is 18.3. The Bertz CT molecular complexity index is 1090. The Hall–Kier alpha value is -2.66. The van der Waals surface area contributed by atoms with Crippen molar-refractivity contribution in [3.63, 3.8) is 0 Å². The van der Waals surface area contributed by atoms with Gasteiger partial charge in [-0.05, 0) is 12.1 Å². The second kappa shape index (κ2) is 6.25. The van der Waals surface area contributed by atoms with E-state index in [9.17, 15) is 13.2 Å². The van der Waals surface area contributed by atoms with Crippen molar-refractivity contribution >= 4 is 27.1 Å². The third-order valence-electron chi connectivity index (χ3n) is 4.30. The number of hydrogen-bond donors (Lipinski definition) is 1. The van der Waals surface area contributed by atoms with Crippen LogP contribution in [0.15, 0.2) is 36.7 Å². The molecule has 0 aliphatic carbocycles. The summed E-state index contributed by atoms with van der Waals surface area (Å²) in [7, 11) is -3.69. The molecule has 1 aliphatic rings. The van der Waals surface area contributed by atoms with Gasteiger partial charge < -0.3 is 13.7 Å². The van der Waals surface area contributed by atoms with Crippen LogP contribution in [0.2, 0.25) is 0 Å². The standard InChI is InChI=1S/C15H17N5O5S/c1-2-13-17-18-14(25-13)19-5-7-20(8-6-19)26(22,23)10-3-4-11-12(9-10)24-15(21)16-11/h3-4,9H,2,5-8H2,1H3,(H,16,21). The lowest BCUT2D eigenvalue weighted by atomic mass is 10.3. The van der Waals surface area contributed by atoms with Crippen molar-refractivity contribution in [2.45, 2.75) is 18.2 Å². The van der Waals surface area contributed by atoms with E-state index in [1.807, 2.05) is 11.8 Å². The first-order valence-corrected chi connectivity index (χ1v) is 9.62. The number of H-pyrrole nitrogens is 1. The van der Waals surface area contributed by atoms with Crippen LogP contribution in [0.5, 0.6) is 0 Å². The molecule has 1 aliphatic heterocycles. The van der Waals surface area contributed by atoms with E-state index in [1.54, 1.807) is 0 Å². The Morgan fingerprint density at radius 2 is 1.92 bits per heavy atom. The normalized spacial score (nSPS) is 16.4. The lowest BCUT2D eigenvalue weighted by molar-refractivity contribution is 0.369. The molecule has 3 aromatic rings. The van der Waals surface area contributed by atoms with Gasteiger partial charge in [-0.15, -0.1) is 5.10 Å². The Labute approximate surface area is 148 Å². The van der Waals surface area contributed by atoms with E-state index in [2.05, 4.69) is 15.2 Å². The second-order valence-corrected chi connectivity index (χ2v) is 7.83. The van der Waals surface area contributed by atoms with E-state index in [0.717, 1.165) is 0 Å². The van der Waals surface area contributed by atoms with E-state index in [4.69, 9.17) is 8.83 Å². The van der Waals surface area contributed by atoms with Crippen molar-refractivity contribution in [3.8, 4) is 0 Å². The number of piperazine rings is 1. The summed E-state index contributed by atoms with van der Waals surface area (Å²) in [5.41, 5.74) is 0.676. The van der Waals surface area contributed by atoms with Crippen molar-refractivity contribution in [2.75, 3.05) is 31.1 Å². The zero-order valence-corrected chi connectivity index (χ0v) is 14.8. The molecular formula is C15H17N5O5S. The fourth-order valence-electron chi connectivity index (χ4n) is 2.87. The van der Waals surface area contributed by atoms with Crippen LogP contribution in [0.25, 0.3) is 11.1 Å². The van der Waals surface area contributed by atoms with Crippen LogP contribution in [0.1, 0.15) is 12.8 Å². The largest absolute Gasteiger partial charge is 0.417 e. The molecule has 1 saturated heterocycles. The van der Waals surface area contributed by atoms with Crippen LogP contribution in [-0.4, -0.2) is 54.1 Å². The van der Waals surface area contributed by atoms with Gasteiger partial charge in [0.2, 0.25) is 15.9 Å². The fourth-order valence-corrected chi connectivity index (χ4v) is 4.31. The van der Waals surface area contributed by atoms with E-state index < -0.39 is 15.8 Å². The minimum absolute atomic E-state index is 0.0901. The first-order valence-electron chi connectivity index (χ1n) is 8.18. The number of benzene rings is 1. The molecule has 3 heterocycles. The SMILES string of the molecule is CCc1nnc(N2CCN(S(=O)(=O)c3ccc4[nH]c(=O)oc4c3)CC2)o1. The van der Waals surface area contributed by atoms with Gasteiger partial charge in [0.1, 0.15) is 0 Å². The molecular weight excluding hydrogens is 362 g/mol. The van der Waals surface area contributed by atoms with Crippen molar-refractivity contribution in [3.05, 3.63) is 34.6 Å². The predicted molar refractivity (Wildman–Crippen MR) is 91.5 cm³/mol. The van der Waals surface area contributed by atoms with Gasteiger partial charge in [-0.25, -0.2) is 13.2 Å². The molecule has 1 fully saturated rings. The van der Waals surface area contributed by atoms with E-state index in [-0.39, 0.29) is 10.5 Å². The van der Waals surface area contributed by atoms with E-state index >= 15 is 0 Å². The summed E-state index contributed by atoms with van der Waals surface area (Å²) in [5, 5.41) is 7.92. The van der Waals surface area contributed by atoms with Gasteiger partial charge >= 0.3 is 11.8 Å². The van der Waals surface area contributed by atoms with Gasteiger partial charge in [0.05, 0.1) is 10.4 Å². The Morgan fingerprint density at radius 1 is 1.15 bits per heavy atom. The number of hydrogen-bond acceptors (Lipinski definition) is 8. The van der Waals surface area contributed by atoms with Gasteiger partial charge in [-0.2, -0.15) is 4.31 Å². The lowest BCUT2D eigenvalue weighted by Crippen LogP contribution is -2.48. The van der Waals surface area contributed by atoms with Gasteiger partial charge in [-0.1, -0.05) is 12.0 Å². The number of anilines is 1. The number of rotatable bonds is 4. The van der Waals surface area contributed by atoms with Crippen LogP contribution in [0.4, 0.5) is 6.01 Å². The molecule has 1 N–H and O–H groups in total. The lowest BCUT2D eigenvalue weighted by Gasteiger charge is -2.32. The molecule has 0 spiro atoms. The summed E-state index contributed by atoms with van der Waals surface area (Å²) in [6.07, 6.45) is 0.652. The Balaban J connectivity index is 1.52. The quantitative estimate of drug-likeness (QED) is 0.698. The molecule has 0 saturated carbocycles. The van der Waals surface area contributed by atoms with Crippen molar-refractivity contribution in [2.24, 2.45) is 0 Å². The third kappa shape index (κ3) is 2.88. The van der Waals surface area contributed by atoms with E-state index in [0.29, 0.717) is 50.0 Å². The fraction of sp³-hybridized carbons (Fsp3) is 0.400.